The fourth-order valence-electron chi connectivity index (χ4n) is 2.29. The van der Waals surface area contributed by atoms with Crippen molar-refractivity contribution in [3.63, 3.8) is 0 Å². The summed E-state index contributed by atoms with van der Waals surface area (Å²) >= 11 is 12.1. The third-order valence-electron chi connectivity index (χ3n) is 3.60. The van der Waals surface area contributed by atoms with Gasteiger partial charge in [-0.05, 0) is 42.0 Å². The molecule has 1 amide bonds. The summed E-state index contributed by atoms with van der Waals surface area (Å²) in [6.07, 6.45) is -0.366. The molecule has 1 aliphatic heterocycles. The second-order valence-electron chi connectivity index (χ2n) is 5.15. The number of oxime groups is 1. The molecule has 0 radical (unpaired) electrons. The molecule has 1 atom stereocenters. The van der Waals surface area contributed by atoms with E-state index in [1.165, 1.54) is 0 Å². The van der Waals surface area contributed by atoms with Crippen LogP contribution in [0.4, 0.5) is 5.69 Å². The summed E-state index contributed by atoms with van der Waals surface area (Å²) in [4.78, 5) is 17.6. The smallest absolute Gasteiger partial charge is 0.268 e. The van der Waals surface area contributed by atoms with Crippen LogP contribution < -0.4 is 10.1 Å². The van der Waals surface area contributed by atoms with Crippen LogP contribution in [-0.4, -0.2) is 24.8 Å². The number of rotatable bonds is 4. The first-order chi connectivity index (χ1) is 11.6. The van der Waals surface area contributed by atoms with E-state index in [2.05, 4.69) is 10.5 Å². The van der Waals surface area contributed by atoms with Crippen molar-refractivity contribution in [2.24, 2.45) is 5.16 Å². The number of nitrogens with one attached hydrogen (secondary N) is 1. The van der Waals surface area contributed by atoms with Crippen LogP contribution in [0.15, 0.2) is 47.6 Å². The summed E-state index contributed by atoms with van der Waals surface area (Å²) in [6, 6.07) is 12.4. The zero-order valence-electron chi connectivity index (χ0n) is 12.8. The molecule has 2 aromatic carbocycles. The second kappa shape index (κ2) is 7.11. The first-order valence-electron chi connectivity index (χ1n) is 7.20. The Hall–Kier alpha value is -2.24. The molecule has 24 heavy (non-hydrogen) atoms. The molecule has 0 bridgehead atoms. The number of anilines is 1. The van der Waals surface area contributed by atoms with Gasteiger partial charge in [0.25, 0.3) is 5.91 Å². The predicted octanol–water partition coefficient (Wildman–Crippen LogP) is 4.13. The molecule has 0 saturated carbocycles. The number of carbonyl (C=O) groups is 1. The molecule has 5 nitrogen and oxygen atoms in total. The van der Waals surface area contributed by atoms with Crippen molar-refractivity contribution in [3.8, 4) is 5.75 Å². The number of methoxy groups -OCH3 is 1. The van der Waals surface area contributed by atoms with Gasteiger partial charge in [0, 0.05) is 6.42 Å². The number of nitrogens with zero attached hydrogens (tertiary/aromatic N) is 1. The minimum Gasteiger partial charge on any atom is -0.497 e. The Morgan fingerprint density at radius 1 is 1.21 bits per heavy atom. The Kier molecular flexibility index (Phi) is 4.92. The van der Waals surface area contributed by atoms with E-state index in [4.69, 9.17) is 32.8 Å². The molecule has 7 heteroatoms. The first-order valence-corrected chi connectivity index (χ1v) is 7.96. The minimum absolute atomic E-state index is 0.350. The number of para-hydroxylation sites is 1. The first kappa shape index (κ1) is 16.6. The van der Waals surface area contributed by atoms with Crippen LogP contribution >= 0.6 is 23.2 Å². The van der Waals surface area contributed by atoms with Crippen molar-refractivity contribution in [1.29, 1.82) is 0 Å². The van der Waals surface area contributed by atoms with Gasteiger partial charge in [-0.2, -0.15) is 0 Å². The van der Waals surface area contributed by atoms with Crippen molar-refractivity contribution in [3.05, 3.63) is 58.1 Å². The topological polar surface area (TPSA) is 59.9 Å². The number of amides is 1. The summed E-state index contributed by atoms with van der Waals surface area (Å²) in [5.41, 5.74) is 1.94. The highest BCUT2D eigenvalue weighted by atomic mass is 35.5. The van der Waals surface area contributed by atoms with E-state index in [0.29, 0.717) is 27.9 Å². The molecule has 0 aliphatic carbocycles. The van der Waals surface area contributed by atoms with Crippen LogP contribution in [0, 0.1) is 0 Å². The van der Waals surface area contributed by atoms with E-state index in [-0.39, 0.29) is 5.91 Å². The van der Waals surface area contributed by atoms with E-state index < -0.39 is 6.10 Å². The third-order valence-corrected chi connectivity index (χ3v) is 4.23. The van der Waals surface area contributed by atoms with Gasteiger partial charge in [0.1, 0.15) is 5.75 Å². The highest BCUT2D eigenvalue weighted by Crippen LogP contribution is 2.30. The van der Waals surface area contributed by atoms with Crippen LogP contribution in [0.2, 0.25) is 10.0 Å². The van der Waals surface area contributed by atoms with Crippen molar-refractivity contribution in [2.45, 2.75) is 12.5 Å². The second-order valence-corrected chi connectivity index (χ2v) is 5.96. The molecule has 0 aromatic heterocycles. The maximum atomic E-state index is 12.3. The van der Waals surface area contributed by atoms with Crippen LogP contribution in [0.1, 0.15) is 12.0 Å². The highest BCUT2D eigenvalue weighted by molar-refractivity contribution is 6.39. The number of benzene rings is 2. The normalized spacial score (nSPS) is 16.3. The molecule has 0 unspecified atom stereocenters. The lowest BCUT2D eigenvalue weighted by atomic mass is 10.0. The van der Waals surface area contributed by atoms with Crippen LogP contribution in [0.5, 0.6) is 5.75 Å². The largest absolute Gasteiger partial charge is 0.497 e. The number of hydrogen-bond donors (Lipinski definition) is 1. The number of ether oxygens (including phenoxy) is 1. The number of carbonyl (C=O) groups excluding carboxylic acids is 1. The molecule has 1 aliphatic rings. The van der Waals surface area contributed by atoms with E-state index >= 15 is 0 Å². The highest BCUT2D eigenvalue weighted by Gasteiger charge is 2.29. The summed E-state index contributed by atoms with van der Waals surface area (Å²) in [6.45, 7) is 0. The average molecular weight is 365 g/mol. The third kappa shape index (κ3) is 3.47. The summed E-state index contributed by atoms with van der Waals surface area (Å²) in [7, 11) is 1.60. The average Bonchev–Trinajstić information content (AvgIpc) is 3.08. The van der Waals surface area contributed by atoms with Gasteiger partial charge in [0.15, 0.2) is 0 Å². The summed E-state index contributed by atoms with van der Waals surface area (Å²) < 4.78 is 5.12. The summed E-state index contributed by atoms with van der Waals surface area (Å²) in [5, 5.41) is 7.42. The predicted molar refractivity (Wildman–Crippen MR) is 94.1 cm³/mol. The lowest BCUT2D eigenvalue weighted by Crippen LogP contribution is -2.28. The Morgan fingerprint density at radius 2 is 1.88 bits per heavy atom. The van der Waals surface area contributed by atoms with Crippen molar-refractivity contribution < 1.29 is 14.4 Å². The van der Waals surface area contributed by atoms with Gasteiger partial charge in [-0.3, -0.25) is 4.79 Å². The van der Waals surface area contributed by atoms with Gasteiger partial charge < -0.3 is 14.9 Å². The molecule has 2 aromatic rings. The quantitative estimate of drug-likeness (QED) is 0.886. The molecular weight excluding hydrogens is 351 g/mol. The SMILES string of the molecule is COc1ccc(C2=NO[C@H](C(=O)Nc3c(Cl)cccc3Cl)C2)cc1. The van der Waals surface area contributed by atoms with Gasteiger partial charge in [0.05, 0.1) is 28.6 Å². The van der Waals surface area contributed by atoms with Gasteiger partial charge in [-0.15, -0.1) is 0 Å². The molecule has 1 heterocycles. The van der Waals surface area contributed by atoms with Crippen LogP contribution in [0.3, 0.4) is 0 Å². The maximum Gasteiger partial charge on any atom is 0.268 e. The standard InChI is InChI=1S/C17H14Cl2N2O3/c1-23-11-7-5-10(6-8-11)14-9-15(24-21-14)17(22)20-16-12(18)3-2-4-13(16)19/h2-8,15H,9H2,1H3,(H,20,22)/t15-/m0/s1. The van der Waals surface area contributed by atoms with Crippen molar-refractivity contribution in [1.82, 2.24) is 0 Å². The number of hydrogen-bond acceptors (Lipinski definition) is 4. The molecule has 0 saturated heterocycles. The summed E-state index contributed by atoms with van der Waals surface area (Å²) in [5.74, 6) is 0.401. The zero-order chi connectivity index (χ0) is 17.1. The molecule has 3 rings (SSSR count). The van der Waals surface area contributed by atoms with Crippen LogP contribution in [-0.2, 0) is 9.63 Å². The lowest BCUT2D eigenvalue weighted by molar-refractivity contribution is -0.125. The minimum atomic E-state index is -0.727. The molecule has 124 valence electrons. The Labute approximate surface area is 149 Å². The van der Waals surface area contributed by atoms with Gasteiger partial charge >= 0.3 is 0 Å². The Morgan fingerprint density at radius 3 is 2.50 bits per heavy atom. The fourth-order valence-corrected chi connectivity index (χ4v) is 2.78. The van der Waals surface area contributed by atoms with Crippen molar-refractivity contribution in [2.75, 3.05) is 12.4 Å². The van der Waals surface area contributed by atoms with Gasteiger partial charge in [-0.1, -0.05) is 34.4 Å². The van der Waals surface area contributed by atoms with Gasteiger partial charge in [0.2, 0.25) is 6.10 Å². The van der Waals surface area contributed by atoms with E-state index in [0.717, 1.165) is 11.3 Å². The molecule has 1 N–H and O–H groups in total. The zero-order valence-corrected chi connectivity index (χ0v) is 14.3. The van der Waals surface area contributed by atoms with E-state index in [1.807, 2.05) is 24.3 Å². The van der Waals surface area contributed by atoms with E-state index in [9.17, 15) is 4.79 Å². The molecule has 0 spiro atoms. The van der Waals surface area contributed by atoms with Crippen LogP contribution in [0.25, 0.3) is 0 Å². The fraction of sp³-hybridized carbons (Fsp3) is 0.176. The van der Waals surface area contributed by atoms with Gasteiger partial charge in [-0.25, -0.2) is 0 Å². The lowest BCUT2D eigenvalue weighted by Gasteiger charge is -2.12. The number of halogens is 2. The van der Waals surface area contributed by atoms with Crippen molar-refractivity contribution >= 4 is 40.5 Å². The molecular formula is C17H14Cl2N2O3. The Balaban J connectivity index is 1.66. The Bertz CT molecular complexity index is 771. The molecule has 0 fully saturated rings. The van der Waals surface area contributed by atoms with E-state index in [1.54, 1.807) is 25.3 Å². The monoisotopic (exact) mass is 364 g/mol. The maximum absolute atomic E-state index is 12.3.